The molecule has 0 unspecified atom stereocenters. The average molecular weight is 411 g/mol. The molecule has 0 saturated heterocycles. The van der Waals surface area contributed by atoms with Gasteiger partial charge in [-0.05, 0) is 43.0 Å². The van der Waals surface area contributed by atoms with Gasteiger partial charge >= 0.3 is 0 Å². The van der Waals surface area contributed by atoms with Crippen LogP contribution in [0.3, 0.4) is 0 Å². The lowest BCUT2D eigenvalue weighted by Crippen LogP contribution is -2.42. The number of aryl methyl sites for hydroxylation is 1. The Morgan fingerprint density at radius 3 is 2.78 bits per heavy atom. The minimum absolute atomic E-state index is 0.0682. The van der Waals surface area contributed by atoms with Crippen molar-refractivity contribution in [2.45, 2.75) is 44.2 Å². The Bertz CT molecular complexity index is 938. The predicted molar refractivity (Wildman–Crippen MR) is 102 cm³/mol. The van der Waals surface area contributed by atoms with Crippen LogP contribution in [0.25, 0.3) is 0 Å². The third-order valence-electron chi connectivity index (χ3n) is 4.49. The van der Waals surface area contributed by atoms with Gasteiger partial charge in [0.2, 0.25) is 5.13 Å². The summed E-state index contributed by atoms with van der Waals surface area (Å²) in [7, 11) is -2.24. The van der Waals surface area contributed by atoms with E-state index in [0.717, 1.165) is 11.1 Å². The van der Waals surface area contributed by atoms with E-state index in [-0.39, 0.29) is 15.9 Å². The number of hydrogen-bond acceptors (Lipinski definition) is 7. The summed E-state index contributed by atoms with van der Waals surface area (Å²) in [5.41, 5.74) is 1.88. The van der Waals surface area contributed by atoms with Crippen molar-refractivity contribution in [3.63, 3.8) is 0 Å². The summed E-state index contributed by atoms with van der Waals surface area (Å²) in [6.07, 6.45) is 0.809. The van der Waals surface area contributed by atoms with Gasteiger partial charge in [-0.15, -0.1) is 10.2 Å². The van der Waals surface area contributed by atoms with Crippen LogP contribution in [0.2, 0.25) is 0 Å². The minimum Gasteiger partial charge on any atom is -0.372 e. The molecule has 27 heavy (non-hydrogen) atoms. The quantitative estimate of drug-likeness (QED) is 0.781. The first-order valence-corrected chi connectivity index (χ1v) is 10.9. The number of ether oxygens (including phenoxy) is 1. The number of fused-ring (bicyclic) bond motifs is 1. The molecule has 1 aliphatic heterocycles. The predicted octanol–water partition coefficient (Wildman–Crippen LogP) is 1.96. The van der Waals surface area contributed by atoms with Crippen LogP contribution < -0.4 is 4.72 Å². The minimum atomic E-state index is -3.77. The van der Waals surface area contributed by atoms with E-state index in [1.807, 2.05) is 13.0 Å². The normalized spacial score (nSPS) is 15.3. The molecule has 2 aromatic rings. The molecule has 3 rings (SSSR count). The fourth-order valence-corrected chi connectivity index (χ4v) is 4.92. The molecule has 0 bridgehead atoms. The van der Waals surface area contributed by atoms with E-state index in [0.29, 0.717) is 30.9 Å². The van der Waals surface area contributed by atoms with Crippen LogP contribution in [-0.4, -0.2) is 49.2 Å². The molecule has 1 aliphatic rings. The molecule has 1 amide bonds. The molecule has 2 heterocycles. The molecule has 0 radical (unpaired) electrons. The Balaban J connectivity index is 1.82. The first-order chi connectivity index (χ1) is 12.8. The topological polar surface area (TPSA) is 101 Å². The fraction of sp³-hybridized carbons (Fsp3) is 0.471. The molecular formula is C17H22N4O4S2. The van der Waals surface area contributed by atoms with Gasteiger partial charge in [0.1, 0.15) is 11.1 Å². The van der Waals surface area contributed by atoms with Crippen LogP contribution in [0.5, 0.6) is 0 Å². The largest absolute Gasteiger partial charge is 0.372 e. The van der Waals surface area contributed by atoms with Crippen molar-refractivity contribution in [2.75, 3.05) is 18.4 Å². The molecule has 1 aromatic heterocycles. The number of carbonyl (C=O) groups excluding carboxylic acids is 1. The molecule has 146 valence electrons. The third kappa shape index (κ3) is 4.28. The summed E-state index contributed by atoms with van der Waals surface area (Å²) < 4.78 is 33.0. The maximum Gasteiger partial charge on any atom is 0.263 e. The number of anilines is 1. The fourth-order valence-electron chi connectivity index (χ4n) is 3.05. The SMILES string of the molecule is CC[C@@H](OC)C(=O)N1CCc2ccc(S(=O)(=O)Nc3nnc(C)s3)cc2C1. The number of benzene rings is 1. The van der Waals surface area contributed by atoms with Gasteiger partial charge < -0.3 is 9.64 Å². The molecule has 1 aromatic carbocycles. The maximum atomic E-state index is 12.6. The van der Waals surface area contributed by atoms with Crippen LogP contribution in [0.15, 0.2) is 23.1 Å². The Morgan fingerprint density at radius 2 is 2.15 bits per heavy atom. The Morgan fingerprint density at radius 1 is 1.37 bits per heavy atom. The van der Waals surface area contributed by atoms with E-state index in [2.05, 4.69) is 14.9 Å². The zero-order chi connectivity index (χ0) is 19.6. The molecule has 10 heteroatoms. The Hall–Kier alpha value is -2.04. The van der Waals surface area contributed by atoms with Crippen molar-refractivity contribution in [3.05, 3.63) is 34.3 Å². The lowest BCUT2D eigenvalue weighted by atomic mass is 9.99. The monoisotopic (exact) mass is 410 g/mol. The van der Waals surface area contributed by atoms with Gasteiger partial charge in [0.15, 0.2) is 0 Å². The van der Waals surface area contributed by atoms with Crippen LogP contribution in [0.1, 0.15) is 29.5 Å². The number of methoxy groups -OCH3 is 1. The molecule has 1 atom stereocenters. The first-order valence-electron chi connectivity index (χ1n) is 8.60. The van der Waals surface area contributed by atoms with E-state index in [4.69, 9.17) is 4.74 Å². The van der Waals surface area contributed by atoms with Gasteiger partial charge in [0.25, 0.3) is 15.9 Å². The highest BCUT2D eigenvalue weighted by Gasteiger charge is 2.27. The van der Waals surface area contributed by atoms with Gasteiger partial charge in [-0.1, -0.05) is 24.3 Å². The van der Waals surface area contributed by atoms with Crippen molar-refractivity contribution >= 4 is 32.4 Å². The zero-order valence-electron chi connectivity index (χ0n) is 15.4. The van der Waals surface area contributed by atoms with Crippen LogP contribution in [-0.2, 0) is 32.5 Å². The van der Waals surface area contributed by atoms with E-state index in [9.17, 15) is 13.2 Å². The van der Waals surface area contributed by atoms with E-state index in [1.165, 1.54) is 18.4 Å². The average Bonchev–Trinajstić information content (AvgIpc) is 3.05. The summed E-state index contributed by atoms with van der Waals surface area (Å²) in [4.78, 5) is 14.4. The summed E-state index contributed by atoms with van der Waals surface area (Å²) in [6, 6.07) is 5.01. The highest BCUT2D eigenvalue weighted by Crippen LogP contribution is 2.25. The number of amides is 1. The molecular weight excluding hydrogens is 388 g/mol. The second kappa shape index (κ2) is 7.91. The van der Waals surface area contributed by atoms with E-state index < -0.39 is 16.1 Å². The molecule has 8 nitrogen and oxygen atoms in total. The van der Waals surface area contributed by atoms with E-state index in [1.54, 1.807) is 24.0 Å². The molecule has 0 fully saturated rings. The van der Waals surface area contributed by atoms with Gasteiger partial charge in [0, 0.05) is 20.2 Å². The van der Waals surface area contributed by atoms with Gasteiger partial charge in [-0.2, -0.15) is 0 Å². The summed E-state index contributed by atoms with van der Waals surface area (Å²) >= 11 is 1.17. The lowest BCUT2D eigenvalue weighted by Gasteiger charge is -2.31. The highest BCUT2D eigenvalue weighted by atomic mass is 32.2. The van der Waals surface area contributed by atoms with Crippen molar-refractivity contribution in [1.82, 2.24) is 15.1 Å². The number of carbonyl (C=O) groups is 1. The Kier molecular flexibility index (Phi) is 5.78. The highest BCUT2D eigenvalue weighted by molar-refractivity contribution is 7.93. The Labute approximate surface area is 162 Å². The van der Waals surface area contributed by atoms with Crippen LogP contribution in [0.4, 0.5) is 5.13 Å². The zero-order valence-corrected chi connectivity index (χ0v) is 17.1. The van der Waals surface area contributed by atoms with Crippen LogP contribution >= 0.6 is 11.3 Å². The standard InChI is InChI=1S/C17H22N4O4S2/c1-4-15(25-3)16(22)21-8-7-12-5-6-14(9-13(12)10-21)27(23,24)20-17-19-18-11(2)26-17/h5-6,9,15H,4,7-8,10H2,1-3H3,(H,19,20)/t15-/m1/s1. The summed E-state index contributed by atoms with van der Waals surface area (Å²) in [6.45, 7) is 4.62. The molecule has 0 spiro atoms. The van der Waals surface area contributed by atoms with Gasteiger partial charge in [-0.25, -0.2) is 8.42 Å². The van der Waals surface area contributed by atoms with Crippen molar-refractivity contribution in [2.24, 2.45) is 0 Å². The van der Waals surface area contributed by atoms with Crippen LogP contribution in [0, 0.1) is 6.92 Å². The smallest absolute Gasteiger partial charge is 0.263 e. The lowest BCUT2D eigenvalue weighted by molar-refractivity contribution is -0.143. The van der Waals surface area contributed by atoms with Crippen molar-refractivity contribution in [1.29, 1.82) is 0 Å². The second-order valence-corrected chi connectivity index (χ2v) is 9.17. The molecule has 0 aliphatic carbocycles. The summed E-state index contributed by atoms with van der Waals surface area (Å²) in [5, 5.41) is 8.52. The van der Waals surface area contributed by atoms with Gasteiger partial charge in [0.05, 0.1) is 4.90 Å². The van der Waals surface area contributed by atoms with Crippen molar-refractivity contribution in [3.8, 4) is 0 Å². The number of aromatic nitrogens is 2. The maximum absolute atomic E-state index is 12.6. The van der Waals surface area contributed by atoms with Gasteiger partial charge in [-0.3, -0.25) is 9.52 Å². The number of nitrogens with one attached hydrogen (secondary N) is 1. The van der Waals surface area contributed by atoms with E-state index >= 15 is 0 Å². The number of hydrogen-bond donors (Lipinski definition) is 1. The summed E-state index contributed by atoms with van der Waals surface area (Å²) in [5.74, 6) is -0.0682. The molecule has 0 saturated carbocycles. The second-order valence-electron chi connectivity index (χ2n) is 6.30. The number of rotatable bonds is 6. The first kappa shape index (κ1) is 19.7. The van der Waals surface area contributed by atoms with Crippen molar-refractivity contribution < 1.29 is 17.9 Å². The third-order valence-corrected chi connectivity index (χ3v) is 6.71. The number of nitrogens with zero attached hydrogens (tertiary/aromatic N) is 3. The number of sulfonamides is 1. The molecule has 1 N–H and O–H groups in total.